The molecule has 2 aromatic carbocycles. The van der Waals surface area contributed by atoms with E-state index in [0.29, 0.717) is 22.8 Å². The van der Waals surface area contributed by atoms with Crippen molar-refractivity contribution in [2.75, 3.05) is 0 Å². The molecule has 0 unspecified atom stereocenters. The first-order valence-corrected chi connectivity index (χ1v) is 12.9. The van der Waals surface area contributed by atoms with Crippen LogP contribution in [0.2, 0.25) is 5.02 Å². The molecule has 0 atom stereocenters. The lowest BCUT2D eigenvalue weighted by atomic mass is 10.1. The second kappa shape index (κ2) is 16.9. The minimum atomic E-state index is -0.512. The van der Waals surface area contributed by atoms with Crippen molar-refractivity contribution in [2.45, 2.75) is 84.0 Å². The Kier molecular flexibility index (Phi) is 13.7. The maximum Gasteiger partial charge on any atom is 0.345 e. The number of carbonyl (C=O) groups is 2. The lowest BCUT2D eigenvalue weighted by Gasteiger charge is -2.06. The Morgan fingerprint density at radius 1 is 0.853 bits per heavy atom. The zero-order valence-electron chi connectivity index (χ0n) is 20.2. The van der Waals surface area contributed by atoms with Crippen LogP contribution in [0.3, 0.4) is 0 Å². The second-order valence-electron chi connectivity index (χ2n) is 8.52. The number of benzene rings is 2. The monoisotopic (exact) mass is 484 g/mol. The number of hydrogen-bond donors (Lipinski definition) is 1. The van der Waals surface area contributed by atoms with Crippen molar-refractivity contribution >= 4 is 29.7 Å². The van der Waals surface area contributed by atoms with E-state index in [9.17, 15) is 9.59 Å². The molecule has 0 saturated carbocycles. The first kappa shape index (κ1) is 27.6. The molecule has 2 rings (SSSR count). The molecule has 34 heavy (non-hydrogen) atoms. The van der Waals surface area contributed by atoms with Gasteiger partial charge in [-0.2, -0.15) is 5.10 Å². The molecule has 1 N–H and O–H groups in total. The van der Waals surface area contributed by atoms with Gasteiger partial charge < -0.3 is 4.74 Å². The van der Waals surface area contributed by atoms with Gasteiger partial charge in [0.15, 0.2) is 0 Å². The molecule has 6 heteroatoms. The highest BCUT2D eigenvalue weighted by Gasteiger charge is 2.11. The Morgan fingerprint density at radius 3 is 2.06 bits per heavy atom. The molecule has 2 aromatic rings. The van der Waals surface area contributed by atoms with Crippen molar-refractivity contribution in [1.29, 1.82) is 0 Å². The van der Waals surface area contributed by atoms with Crippen molar-refractivity contribution < 1.29 is 14.3 Å². The minimum absolute atomic E-state index is 0.0718. The molecule has 0 aliphatic heterocycles. The van der Waals surface area contributed by atoms with Crippen LogP contribution in [0.15, 0.2) is 53.6 Å². The van der Waals surface area contributed by atoms with Crippen LogP contribution in [-0.2, 0) is 4.79 Å². The van der Waals surface area contributed by atoms with Crippen LogP contribution in [0.1, 0.15) is 99.9 Å². The molecule has 5 nitrogen and oxygen atoms in total. The number of carbonyl (C=O) groups excluding carboxylic acids is 2. The molecule has 0 fully saturated rings. The van der Waals surface area contributed by atoms with Crippen molar-refractivity contribution in [3.8, 4) is 5.75 Å². The van der Waals surface area contributed by atoms with E-state index < -0.39 is 5.97 Å². The van der Waals surface area contributed by atoms with Crippen LogP contribution < -0.4 is 10.2 Å². The summed E-state index contributed by atoms with van der Waals surface area (Å²) in [5, 5.41) is 4.36. The molecule has 0 heterocycles. The van der Waals surface area contributed by atoms with Gasteiger partial charge in [-0.15, -0.1) is 0 Å². The van der Waals surface area contributed by atoms with Gasteiger partial charge in [0.2, 0.25) is 5.91 Å². The van der Waals surface area contributed by atoms with Gasteiger partial charge in [0, 0.05) is 6.42 Å². The number of amides is 1. The number of nitrogens with one attached hydrogen (secondary N) is 1. The summed E-state index contributed by atoms with van der Waals surface area (Å²) in [6.07, 6.45) is 15.9. The molecule has 184 valence electrons. The highest BCUT2D eigenvalue weighted by Crippen LogP contribution is 2.19. The Bertz CT molecular complexity index is 897. The normalized spacial score (nSPS) is 11.0. The first-order valence-electron chi connectivity index (χ1n) is 12.5. The highest BCUT2D eigenvalue weighted by atomic mass is 35.5. The first-order chi connectivity index (χ1) is 16.6. The number of hydrazone groups is 1. The van der Waals surface area contributed by atoms with Crippen LogP contribution in [0, 0.1) is 0 Å². The fourth-order valence-corrected chi connectivity index (χ4v) is 3.81. The number of hydrogen-bond acceptors (Lipinski definition) is 4. The number of nitrogens with zero attached hydrogens (tertiary/aromatic N) is 1. The zero-order valence-corrected chi connectivity index (χ0v) is 21.0. The van der Waals surface area contributed by atoms with Gasteiger partial charge in [-0.1, -0.05) is 94.9 Å². The van der Waals surface area contributed by atoms with E-state index in [2.05, 4.69) is 17.5 Å². The van der Waals surface area contributed by atoms with Gasteiger partial charge in [0.25, 0.3) is 0 Å². The number of ether oxygens (including phenoxy) is 1. The van der Waals surface area contributed by atoms with E-state index in [-0.39, 0.29) is 5.91 Å². The van der Waals surface area contributed by atoms with E-state index in [0.717, 1.165) is 18.4 Å². The molecule has 1 amide bonds. The van der Waals surface area contributed by atoms with Gasteiger partial charge in [-0.3, -0.25) is 4.79 Å². The maximum absolute atomic E-state index is 12.2. The molecule has 0 aliphatic rings. The molecule has 0 saturated heterocycles. The van der Waals surface area contributed by atoms with Crippen LogP contribution in [0.25, 0.3) is 0 Å². The second-order valence-corrected chi connectivity index (χ2v) is 8.92. The van der Waals surface area contributed by atoms with Gasteiger partial charge in [-0.25, -0.2) is 10.2 Å². The standard InChI is InChI=1S/C28H37ClN2O3/c1-2-3-4-5-6-7-8-9-10-11-12-17-27(32)31-30-22-23-18-20-24(21-19-23)34-28(33)25-15-13-14-16-26(25)29/h13-16,18-22H,2-12,17H2,1H3,(H,31,32). The lowest BCUT2D eigenvalue weighted by Crippen LogP contribution is -2.16. The maximum atomic E-state index is 12.2. The fourth-order valence-electron chi connectivity index (χ4n) is 3.60. The summed E-state index contributed by atoms with van der Waals surface area (Å²) in [6.45, 7) is 2.25. The predicted molar refractivity (Wildman–Crippen MR) is 140 cm³/mol. The number of unbranched alkanes of at least 4 members (excludes halogenated alkanes) is 10. The minimum Gasteiger partial charge on any atom is -0.423 e. The van der Waals surface area contributed by atoms with Crippen LogP contribution >= 0.6 is 11.6 Å². The van der Waals surface area contributed by atoms with E-state index in [1.54, 1.807) is 54.7 Å². The third kappa shape index (κ3) is 11.5. The molecule has 0 radical (unpaired) electrons. The van der Waals surface area contributed by atoms with Gasteiger partial charge in [0.1, 0.15) is 5.75 Å². The zero-order chi connectivity index (χ0) is 24.4. The van der Waals surface area contributed by atoms with Crippen LogP contribution in [0.4, 0.5) is 0 Å². The van der Waals surface area contributed by atoms with Crippen molar-refractivity contribution in [3.05, 3.63) is 64.7 Å². The summed E-state index contributed by atoms with van der Waals surface area (Å²) in [7, 11) is 0. The van der Waals surface area contributed by atoms with E-state index in [4.69, 9.17) is 16.3 Å². The van der Waals surface area contributed by atoms with E-state index in [1.807, 2.05) is 0 Å². The molecule has 0 bridgehead atoms. The number of esters is 1. The van der Waals surface area contributed by atoms with Crippen molar-refractivity contribution in [2.24, 2.45) is 5.10 Å². The topological polar surface area (TPSA) is 67.8 Å². The van der Waals surface area contributed by atoms with E-state index in [1.165, 1.54) is 57.8 Å². The average Bonchev–Trinajstić information content (AvgIpc) is 2.84. The Balaban J connectivity index is 1.56. The SMILES string of the molecule is CCCCCCCCCCCCCC(=O)NN=Cc1ccc(OC(=O)c2ccccc2Cl)cc1. The van der Waals surface area contributed by atoms with Gasteiger partial charge >= 0.3 is 5.97 Å². The number of rotatable bonds is 16. The average molecular weight is 485 g/mol. The Labute approximate surface area is 208 Å². The molecule has 0 aliphatic carbocycles. The molecule has 0 spiro atoms. The fraction of sp³-hybridized carbons (Fsp3) is 0.464. The Morgan fingerprint density at radius 2 is 1.44 bits per heavy atom. The third-order valence-corrected chi connectivity index (χ3v) is 5.92. The third-order valence-electron chi connectivity index (χ3n) is 5.59. The quantitative estimate of drug-likeness (QED) is 0.0871. The highest BCUT2D eigenvalue weighted by molar-refractivity contribution is 6.33. The largest absolute Gasteiger partial charge is 0.423 e. The summed E-state index contributed by atoms with van der Waals surface area (Å²) in [5.74, 6) is -0.179. The number of halogens is 1. The Hall–Kier alpha value is -2.66. The van der Waals surface area contributed by atoms with Crippen LogP contribution in [-0.4, -0.2) is 18.1 Å². The summed E-state index contributed by atoms with van der Waals surface area (Å²) in [6, 6.07) is 13.6. The van der Waals surface area contributed by atoms with Crippen LogP contribution in [0.5, 0.6) is 5.75 Å². The van der Waals surface area contributed by atoms with Crippen molar-refractivity contribution in [3.63, 3.8) is 0 Å². The van der Waals surface area contributed by atoms with Gasteiger partial charge in [0.05, 0.1) is 16.8 Å². The summed E-state index contributed by atoms with van der Waals surface area (Å²) in [5.41, 5.74) is 3.67. The summed E-state index contributed by atoms with van der Waals surface area (Å²) in [4.78, 5) is 24.1. The lowest BCUT2D eigenvalue weighted by molar-refractivity contribution is -0.121. The van der Waals surface area contributed by atoms with Gasteiger partial charge in [-0.05, 0) is 48.4 Å². The van der Waals surface area contributed by atoms with E-state index >= 15 is 0 Å². The molecular weight excluding hydrogens is 448 g/mol. The molecular formula is C28H37ClN2O3. The van der Waals surface area contributed by atoms with Crippen molar-refractivity contribution in [1.82, 2.24) is 5.43 Å². The summed E-state index contributed by atoms with van der Waals surface area (Å²) < 4.78 is 5.35. The summed E-state index contributed by atoms with van der Waals surface area (Å²) >= 11 is 6.02. The smallest absolute Gasteiger partial charge is 0.345 e. The predicted octanol–water partition coefficient (Wildman–Crippen LogP) is 7.71. The molecule has 0 aromatic heterocycles.